The summed E-state index contributed by atoms with van der Waals surface area (Å²) in [6, 6.07) is 9.19. The minimum Gasteiger partial charge on any atom is -0.388 e. The molecule has 5 heteroatoms. The number of aromatic nitrogens is 1. The van der Waals surface area contributed by atoms with Crippen LogP contribution in [-0.2, 0) is 4.79 Å². The molecule has 0 aliphatic rings. The molecule has 0 radical (unpaired) electrons. The second kappa shape index (κ2) is 5.95. The number of benzene rings is 1. The number of aliphatic hydroxyl groups is 1. The second-order valence-corrected chi connectivity index (χ2v) is 5.19. The average molecular weight is 276 g/mol. The third-order valence-electron chi connectivity index (χ3n) is 2.82. The molecule has 1 heterocycles. The topological polar surface area (TPSA) is 53.4 Å². The van der Waals surface area contributed by atoms with Gasteiger partial charge in [0, 0.05) is 12.4 Å². The Kier molecular flexibility index (Phi) is 4.29. The lowest BCUT2D eigenvalue weighted by Gasteiger charge is -2.16. The van der Waals surface area contributed by atoms with Crippen molar-refractivity contribution in [1.82, 2.24) is 4.98 Å². The molecule has 100 valence electrons. The molecule has 2 aromatic rings. The number of aliphatic hydroxyl groups excluding tert-OH is 1. The van der Waals surface area contributed by atoms with E-state index in [9.17, 15) is 9.90 Å². The molecule has 0 saturated carbocycles. The van der Waals surface area contributed by atoms with E-state index in [4.69, 9.17) is 0 Å². The third kappa shape index (κ3) is 3.39. The molecule has 0 aliphatic carbocycles. The molecular formula is C14H16N2O2S. The summed E-state index contributed by atoms with van der Waals surface area (Å²) < 4.78 is 0. The Bertz CT molecular complexity index is 554. The van der Waals surface area contributed by atoms with E-state index in [1.807, 2.05) is 42.6 Å². The lowest BCUT2D eigenvalue weighted by atomic mass is 10.1. The number of thiazole rings is 1. The van der Waals surface area contributed by atoms with Gasteiger partial charge >= 0.3 is 0 Å². The highest BCUT2D eigenvalue weighted by atomic mass is 32.1. The summed E-state index contributed by atoms with van der Waals surface area (Å²) in [7, 11) is 1.68. The maximum absolute atomic E-state index is 12.1. The van der Waals surface area contributed by atoms with Crippen molar-refractivity contribution in [2.75, 3.05) is 11.9 Å². The van der Waals surface area contributed by atoms with Crippen molar-refractivity contribution < 1.29 is 9.90 Å². The molecule has 1 aromatic carbocycles. The summed E-state index contributed by atoms with van der Waals surface area (Å²) in [5.74, 6) is -0.147. The van der Waals surface area contributed by atoms with E-state index in [0.717, 1.165) is 11.3 Å². The molecule has 1 unspecified atom stereocenters. The number of carbonyl (C=O) groups is 1. The first kappa shape index (κ1) is 13.7. The number of anilines is 1. The normalized spacial score (nSPS) is 12.2. The first-order valence-electron chi connectivity index (χ1n) is 5.99. The summed E-state index contributed by atoms with van der Waals surface area (Å²) in [5, 5.41) is 12.6. The predicted octanol–water partition coefficient (Wildman–Crippen LogP) is 2.54. The van der Waals surface area contributed by atoms with Crippen molar-refractivity contribution in [3.8, 4) is 0 Å². The van der Waals surface area contributed by atoms with Crippen LogP contribution in [0.2, 0.25) is 0 Å². The SMILES string of the molecule is Cc1csc(N(C)C(=O)CC(O)c2ccccc2)n1. The Morgan fingerprint density at radius 1 is 1.42 bits per heavy atom. The van der Waals surface area contributed by atoms with Gasteiger partial charge in [-0.2, -0.15) is 0 Å². The quantitative estimate of drug-likeness (QED) is 0.933. The van der Waals surface area contributed by atoms with Crippen LogP contribution in [0.1, 0.15) is 23.8 Å². The fraction of sp³-hybridized carbons (Fsp3) is 0.286. The Morgan fingerprint density at radius 3 is 2.68 bits per heavy atom. The van der Waals surface area contributed by atoms with Crippen LogP contribution in [0.3, 0.4) is 0 Å². The van der Waals surface area contributed by atoms with Crippen molar-refractivity contribution in [2.45, 2.75) is 19.4 Å². The van der Waals surface area contributed by atoms with Crippen LogP contribution in [0.25, 0.3) is 0 Å². The molecule has 4 nitrogen and oxygen atoms in total. The van der Waals surface area contributed by atoms with E-state index < -0.39 is 6.10 Å². The van der Waals surface area contributed by atoms with Gasteiger partial charge in [0.1, 0.15) is 0 Å². The molecule has 2 rings (SSSR count). The summed E-state index contributed by atoms with van der Waals surface area (Å²) >= 11 is 1.42. The highest BCUT2D eigenvalue weighted by molar-refractivity contribution is 7.14. The molecule has 1 N–H and O–H groups in total. The van der Waals surface area contributed by atoms with Gasteiger partial charge in [0.2, 0.25) is 5.91 Å². The van der Waals surface area contributed by atoms with Crippen molar-refractivity contribution in [1.29, 1.82) is 0 Å². The van der Waals surface area contributed by atoms with Crippen LogP contribution in [0.5, 0.6) is 0 Å². The van der Waals surface area contributed by atoms with E-state index in [0.29, 0.717) is 5.13 Å². The number of carbonyl (C=O) groups excluding carboxylic acids is 1. The summed E-state index contributed by atoms with van der Waals surface area (Å²) in [6.07, 6.45) is -0.726. The van der Waals surface area contributed by atoms with Gasteiger partial charge < -0.3 is 5.11 Å². The number of amides is 1. The first-order valence-corrected chi connectivity index (χ1v) is 6.87. The fourth-order valence-corrected chi connectivity index (χ4v) is 2.48. The zero-order valence-corrected chi connectivity index (χ0v) is 11.7. The number of rotatable bonds is 4. The Morgan fingerprint density at radius 2 is 2.11 bits per heavy atom. The van der Waals surface area contributed by atoms with Gasteiger partial charge in [-0.3, -0.25) is 9.69 Å². The van der Waals surface area contributed by atoms with Crippen LogP contribution in [0.15, 0.2) is 35.7 Å². The van der Waals surface area contributed by atoms with Crippen LogP contribution in [0, 0.1) is 6.92 Å². The predicted molar refractivity (Wildman–Crippen MR) is 76.3 cm³/mol. The van der Waals surface area contributed by atoms with Gasteiger partial charge in [0.15, 0.2) is 5.13 Å². The monoisotopic (exact) mass is 276 g/mol. The highest BCUT2D eigenvalue weighted by Gasteiger charge is 2.18. The number of nitrogens with zero attached hydrogens (tertiary/aromatic N) is 2. The van der Waals surface area contributed by atoms with Gasteiger partial charge in [-0.15, -0.1) is 11.3 Å². The smallest absolute Gasteiger partial charge is 0.231 e. The number of aryl methyl sites for hydroxylation is 1. The Labute approximate surface area is 116 Å². The molecule has 0 aliphatic heterocycles. The van der Waals surface area contributed by atoms with Gasteiger partial charge in [-0.25, -0.2) is 4.98 Å². The number of hydrogen-bond donors (Lipinski definition) is 1. The maximum atomic E-state index is 12.1. The largest absolute Gasteiger partial charge is 0.388 e. The molecule has 0 saturated heterocycles. The summed E-state index contributed by atoms with van der Waals surface area (Å²) in [5.41, 5.74) is 1.64. The van der Waals surface area contributed by atoms with E-state index in [2.05, 4.69) is 4.98 Å². The second-order valence-electron chi connectivity index (χ2n) is 4.35. The van der Waals surface area contributed by atoms with Crippen LogP contribution >= 0.6 is 11.3 Å². The van der Waals surface area contributed by atoms with E-state index in [-0.39, 0.29) is 12.3 Å². The molecule has 0 bridgehead atoms. The molecule has 1 atom stereocenters. The van der Waals surface area contributed by atoms with Gasteiger partial charge in [-0.1, -0.05) is 30.3 Å². The maximum Gasteiger partial charge on any atom is 0.231 e. The van der Waals surface area contributed by atoms with Gasteiger partial charge in [0.25, 0.3) is 0 Å². The first-order chi connectivity index (χ1) is 9.08. The van der Waals surface area contributed by atoms with Crippen molar-refractivity contribution in [3.63, 3.8) is 0 Å². The molecule has 1 aromatic heterocycles. The van der Waals surface area contributed by atoms with Crippen LogP contribution in [0.4, 0.5) is 5.13 Å². The Hall–Kier alpha value is -1.72. The Balaban J connectivity index is 2.01. The molecule has 0 fully saturated rings. The lowest BCUT2D eigenvalue weighted by molar-refractivity contribution is -0.120. The van der Waals surface area contributed by atoms with Crippen LogP contribution < -0.4 is 4.90 Å². The van der Waals surface area contributed by atoms with Crippen LogP contribution in [-0.4, -0.2) is 23.0 Å². The summed E-state index contributed by atoms with van der Waals surface area (Å²) in [4.78, 5) is 17.8. The van der Waals surface area contributed by atoms with Crippen molar-refractivity contribution >= 4 is 22.4 Å². The lowest BCUT2D eigenvalue weighted by Crippen LogP contribution is -2.27. The summed E-state index contributed by atoms with van der Waals surface area (Å²) in [6.45, 7) is 1.89. The zero-order chi connectivity index (χ0) is 13.8. The van der Waals surface area contributed by atoms with Crippen molar-refractivity contribution in [2.24, 2.45) is 0 Å². The van der Waals surface area contributed by atoms with Crippen molar-refractivity contribution in [3.05, 3.63) is 47.0 Å². The standard InChI is InChI=1S/C14H16N2O2S/c1-10-9-19-14(15-10)16(2)13(18)8-12(17)11-6-4-3-5-7-11/h3-7,9,12,17H,8H2,1-2H3. The molecule has 1 amide bonds. The highest BCUT2D eigenvalue weighted by Crippen LogP contribution is 2.22. The average Bonchev–Trinajstić information content (AvgIpc) is 2.85. The molecule has 19 heavy (non-hydrogen) atoms. The minimum absolute atomic E-state index is 0.0547. The third-order valence-corrected chi connectivity index (χ3v) is 3.86. The minimum atomic E-state index is -0.780. The molecular weight excluding hydrogens is 260 g/mol. The van der Waals surface area contributed by atoms with E-state index in [1.165, 1.54) is 16.2 Å². The number of hydrogen-bond acceptors (Lipinski definition) is 4. The van der Waals surface area contributed by atoms with Gasteiger partial charge in [0.05, 0.1) is 18.2 Å². The fourth-order valence-electron chi connectivity index (χ4n) is 1.70. The van der Waals surface area contributed by atoms with E-state index in [1.54, 1.807) is 7.05 Å². The van der Waals surface area contributed by atoms with E-state index >= 15 is 0 Å². The van der Waals surface area contributed by atoms with Gasteiger partial charge in [-0.05, 0) is 12.5 Å². The molecule has 0 spiro atoms. The zero-order valence-electron chi connectivity index (χ0n) is 10.9.